The molecule has 0 aliphatic rings. The minimum Gasteiger partial charge on any atom is -0.0853 e. The van der Waals surface area contributed by atoms with E-state index in [-0.39, 0.29) is 0 Å². The van der Waals surface area contributed by atoms with Crippen molar-refractivity contribution in [2.75, 3.05) is 0 Å². The van der Waals surface area contributed by atoms with Gasteiger partial charge in [-0.2, -0.15) is 0 Å². The van der Waals surface area contributed by atoms with Gasteiger partial charge in [0.15, 0.2) is 0 Å². The van der Waals surface area contributed by atoms with Gasteiger partial charge in [0, 0.05) is 0 Å². The van der Waals surface area contributed by atoms with E-state index in [2.05, 4.69) is 45.9 Å². The average Bonchev–Trinajstić information content (AvgIpc) is 1.98. The summed E-state index contributed by atoms with van der Waals surface area (Å²) in [5, 5.41) is 0. The predicted octanol–water partition coefficient (Wildman–Crippen LogP) is 3.82. The maximum absolute atomic E-state index is 5.41. The fourth-order valence-corrected chi connectivity index (χ4v) is 1.23. The second-order valence-corrected chi connectivity index (χ2v) is 3.64. The second-order valence-electron chi connectivity index (χ2n) is 3.64. The predicted molar refractivity (Wildman–Crippen MR) is 62.1 cm³/mol. The highest BCUT2D eigenvalue weighted by Gasteiger charge is 1.86. The van der Waals surface area contributed by atoms with Gasteiger partial charge in [0.05, 0.1) is 7.85 Å². The van der Waals surface area contributed by atoms with Crippen LogP contribution in [0.2, 0.25) is 6.32 Å². The topological polar surface area (TPSA) is 0 Å². The molecule has 0 nitrogen and oxygen atoms in total. The zero-order chi connectivity index (χ0) is 10.3. The van der Waals surface area contributed by atoms with Crippen molar-refractivity contribution in [1.29, 1.82) is 0 Å². The highest BCUT2D eigenvalue weighted by Crippen LogP contribution is 2.06. The van der Waals surface area contributed by atoms with Gasteiger partial charge in [-0.1, -0.05) is 41.3 Å². The molecule has 0 aliphatic heterocycles. The molecule has 0 fully saturated rings. The van der Waals surface area contributed by atoms with Crippen molar-refractivity contribution in [1.82, 2.24) is 0 Å². The van der Waals surface area contributed by atoms with Crippen LogP contribution >= 0.6 is 0 Å². The normalized spacial score (nSPS) is 12.9. The number of hydrogen-bond acceptors (Lipinski definition) is 0. The molecule has 0 saturated heterocycles. The largest absolute Gasteiger partial charge is 0.0853 e. The van der Waals surface area contributed by atoms with E-state index in [1.807, 2.05) is 0 Å². The van der Waals surface area contributed by atoms with Crippen molar-refractivity contribution in [3.05, 3.63) is 34.9 Å². The van der Waals surface area contributed by atoms with Crippen LogP contribution in [-0.4, -0.2) is 7.85 Å². The first-order valence-electron chi connectivity index (χ1n) is 4.76. The van der Waals surface area contributed by atoms with E-state index in [1.54, 1.807) is 0 Å². The van der Waals surface area contributed by atoms with E-state index < -0.39 is 0 Å². The maximum atomic E-state index is 5.41. The molecule has 70 valence electrons. The highest BCUT2D eigenvalue weighted by molar-refractivity contribution is 6.08. The van der Waals surface area contributed by atoms with Crippen LogP contribution in [0.15, 0.2) is 34.9 Å². The SMILES string of the molecule is [B]CC/C=C(C)/C=C(\C)C=C(C)C. The third-order valence-electron chi connectivity index (χ3n) is 1.60. The molecule has 0 atom stereocenters. The zero-order valence-corrected chi connectivity index (χ0v) is 9.22. The smallest absolute Gasteiger partial charge is 0.0657 e. The molecular formula is C12H19B. The van der Waals surface area contributed by atoms with Crippen molar-refractivity contribution in [3.8, 4) is 0 Å². The van der Waals surface area contributed by atoms with E-state index in [4.69, 9.17) is 7.85 Å². The molecule has 0 saturated carbocycles. The van der Waals surface area contributed by atoms with Crippen LogP contribution in [0.25, 0.3) is 0 Å². The first kappa shape index (κ1) is 12.3. The molecule has 0 bridgehead atoms. The minimum atomic E-state index is 0.729. The Morgan fingerprint density at radius 3 is 2.08 bits per heavy atom. The fraction of sp³-hybridized carbons (Fsp3) is 0.500. The Kier molecular flexibility index (Phi) is 6.39. The molecule has 0 unspecified atom stereocenters. The standard InChI is InChI=1S/C12H19B/c1-10(2)8-12(4)9-11(3)6-5-7-13/h6,8-9H,5,7H2,1-4H3/b11-6+,12-9+. The summed E-state index contributed by atoms with van der Waals surface area (Å²) in [6, 6.07) is 0. The first-order valence-corrected chi connectivity index (χ1v) is 4.76. The van der Waals surface area contributed by atoms with Crippen molar-refractivity contribution in [2.24, 2.45) is 0 Å². The molecule has 0 amide bonds. The van der Waals surface area contributed by atoms with Gasteiger partial charge in [-0.3, -0.25) is 0 Å². The van der Waals surface area contributed by atoms with Crippen LogP contribution in [0, 0.1) is 0 Å². The Morgan fingerprint density at radius 1 is 1.00 bits per heavy atom. The third-order valence-corrected chi connectivity index (χ3v) is 1.60. The van der Waals surface area contributed by atoms with E-state index in [9.17, 15) is 0 Å². The van der Waals surface area contributed by atoms with Gasteiger partial charge in [-0.05, 0) is 34.1 Å². The van der Waals surface area contributed by atoms with Crippen molar-refractivity contribution < 1.29 is 0 Å². The van der Waals surface area contributed by atoms with Gasteiger partial charge < -0.3 is 0 Å². The Balaban J connectivity index is 4.29. The van der Waals surface area contributed by atoms with Crippen LogP contribution in [0.3, 0.4) is 0 Å². The molecule has 0 aromatic carbocycles. The second kappa shape index (κ2) is 6.76. The summed E-state index contributed by atoms with van der Waals surface area (Å²) in [7, 11) is 5.41. The van der Waals surface area contributed by atoms with Crippen LogP contribution < -0.4 is 0 Å². The van der Waals surface area contributed by atoms with Crippen LogP contribution in [0.5, 0.6) is 0 Å². The zero-order valence-electron chi connectivity index (χ0n) is 9.22. The fourth-order valence-electron chi connectivity index (χ4n) is 1.23. The Morgan fingerprint density at radius 2 is 1.62 bits per heavy atom. The molecule has 0 N–H and O–H groups in total. The summed E-state index contributed by atoms with van der Waals surface area (Å²) in [5.41, 5.74) is 3.92. The summed E-state index contributed by atoms with van der Waals surface area (Å²) in [5.74, 6) is 0. The van der Waals surface area contributed by atoms with Crippen molar-refractivity contribution in [3.63, 3.8) is 0 Å². The van der Waals surface area contributed by atoms with Crippen molar-refractivity contribution >= 4 is 7.85 Å². The Bertz CT molecular complexity index is 228. The third kappa shape index (κ3) is 7.64. The monoisotopic (exact) mass is 174 g/mol. The van der Waals surface area contributed by atoms with Crippen molar-refractivity contribution in [2.45, 2.75) is 40.4 Å². The lowest BCUT2D eigenvalue weighted by Gasteiger charge is -1.96. The molecule has 0 aromatic heterocycles. The summed E-state index contributed by atoms with van der Waals surface area (Å²) in [6.07, 6.45) is 8.22. The molecule has 0 spiro atoms. The van der Waals surface area contributed by atoms with E-state index in [1.165, 1.54) is 16.7 Å². The van der Waals surface area contributed by atoms with E-state index >= 15 is 0 Å². The summed E-state index contributed by atoms with van der Waals surface area (Å²) in [4.78, 5) is 0. The number of rotatable bonds is 4. The van der Waals surface area contributed by atoms with Crippen LogP contribution in [0.1, 0.15) is 34.1 Å². The Hall–Kier alpha value is -0.715. The molecule has 1 heteroatoms. The van der Waals surface area contributed by atoms with Gasteiger partial charge in [0.1, 0.15) is 0 Å². The maximum Gasteiger partial charge on any atom is 0.0657 e. The van der Waals surface area contributed by atoms with E-state index in [0.717, 1.165) is 12.7 Å². The number of hydrogen-bond donors (Lipinski definition) is 0. The molecule has 0 aliphatic carbocycles. The first-order chi connectivity index (χ1) is 6.06. The lowest BCUT2D eigenvalue weighted by atomic mass is 10.0. The molecule has 0 aromatic rings. The molecule has 0 rings (SSSR count). The van der Waals surface area contributed by atoms with Gasteiger partial charge in [-0.15, -0.1) is 0 Å². The Labute approximate surface area is 83.8 Å². The van der Waals surface area contributed by atoms with E-state index in [0.29, 0.717) is 0 Å². The molecule has 13 heavy (non-hydrogen) atoms. The lowest BCUT2D eigenvalue weighted by molar-refractivity contribution is 1.18. The lowest BCUT2D eigenvalue weighted by Crippen LogP contribution is -1.76. The highest BCUT2D eigenvalue weighted by atomic mass is 13.9. The van der Waals surface area contributed by atoms with Gasteiger partial charge in [0.25, 0.3) is 0 Å². The molecular weight excluding hydrogens is 155 g/mol. The van der Waals surface area contributed by atoms with Crippen LogP contribution in [-0.2, 0) is 0 Å². The minimum absolute atomic E-state index is 0.729. The number of allylic oxidation sites excluding steroid dienone is 6. The molecule has 2 radical (unpaired) electrons. The van der Waals surface area contributed by atoms with Gasteiger partial charge >= 0.3 is 0 Å². The van der Waals surface area contributed by atoms with Gasteiger partial charge in [0.2, 0.25) is 0 Å². The van der Waals surface area contributed by atoms with Gasteiger partial charge in [-0.25, -0.2) is 0 Å². The summed E-state index contributed by atoms with van der Waals surface area (Å²) >= 11 is 0. The average molecular weight is 174 g/mol. The summed E-state index contributed by atoms with van der Waals surface area (Å²) in [6.45, 7) is 8.44. The summed E-state index contributed by atoms with van der Waals surface area (Å²) < 4.78 is 0. The molecule has 0 heterocycles. The quantitative estimate of drug-likeness (QED) is 0.448. The van der Waals surface area contributed by atoms with Crippen LogP contribution in [0.4, 0.5) is 0 Å².